The molecule has 0 spiro atoms. The number of rotatable bonds is 4. The molecule has 32 heavy (non-hydrogen) atoms. The Morgan fingerprint density at radius 1 is 1.06 bits per heavy atom. The third-order valence-corrected chi connectivity index (χ3v) is 5.83. The van der Waals surface area contributed by atoms with Crippen molar-refractivity contribution in [3.8, 4) is 11.4 Å². The normalized spacial score (nSPS) is 14.2. The van der Waals surface area contributed by atoms with Crippen LogP contribution < -0.4 is 10.2 Å². The van der Waals surface area contributed by atoms with Crippen LogP contribution in [-0.2, 0) is 0 Å². The van der Waals surface area contributed by atoms with Crippen LogP contribution in [0.25, 0.3) is 27.9 Å². The van der Waals surface area contributed by atoms with Crippen molar-refractivity contribution < 1.29 is 4.79 Å². The molecule has 1 aliphatic heterocycles. The van der Waals surface area contributed by atoms with Gasteiger partial charge in [0.05, 0.1) is 5.52 Å². The number of halogens is 1. The number of urea groups is 1. The lowest BCUT2D eigenvalue weighted by molar-refractivity contribution is 0.195. The van der Waals surface area contributed by atoms with Crippen molar-refractivity contribution in [1.82, 2.24) is 29.8 Å². The van der Waals surface area contributed by atoms with E-state index < -0.39 is 0 Å². The molecule has 1 N–H and O–H groups in total. The zero-order chi connectivity index (χ0) is 22.1. The summed E-state index contributed by atoms with van der Waals surface area (Å²) in [5.41, 5.74) is 2.51. The summed E-state index contributed by atoms with van der Waals surface area (Å²) >= 11 is 6.09. The van der Waals surface area contributed by atoms with Crippen molar-refractivity contribution in [3.05, 3.63) is 66.2 Å². The fourth-order valence-electron chi connectivity index (χ4n) is 3.94. The van der Waals surface area contributed by atoms with E-state index in [2.05, 4.69) is 27.0 Å². The second kappa shape index (κ2) is 8.47. The summed E-state index contributed by atoms with van der Waals surface area (Å²) < 4.78 is 2.00. The molecule has 0 unspecified atom stereocenters. The molecule has 9 heteroatoms. The predicted octanol–water partition coefficient (Wildman–Crippen LogP) is 3.62. The van der Waals surface area contributed by atoms with Crippen LogP contribution in [0.3, 0.4) is 0 Å². The number of piperazine rings is 1. The topological polar surface area (TPSA) is 78.7 Å². The van der Waals surface area contributed by atoms with E-state index in [0.29, 0.717) is 43.6 Å². The monoisotopic (exact) mass is 447 g/mol. The second-order valence-corrected chi connectivity index (χ2v) is 8.00. The number of carbonyl (C=O) groups excluding carboxylic acids is 1. The Bertz CT molecular complexity index is 1290. The Labute approximate surface area is 190 Å². The first-order valence-corrected chi connectivity index (χ1v) is 10.8. The van der Waals surface area contributed by atoms with E-state index >= 15 is 0 Å². The van der Waals surface area contributed by atoms with Gasteiger partial charge >= 0.3 is 6.03 Å². The highest BCUT2D eigenvalue weighted by molar-refractivity contribution is 6.30. The van der Waals surface area contributed by atoms with Gasteiger partial charge in [-0.3, -0.25) is 0 Å². The molecule has 5 rings (SSSR count). The van der Waals surface area contributed by atoms with E-state index in [1.54, 1.807) is 6.08 Å². The SMILES string of the molecule is C=CCNC(=O)N1CCN(c2nc3ccccc3c3nnc(-c4ccc(Cl)cc4)n23)CC1. The van der Waals surface area contributed by atoms with Gasteiger partial charge < -0.3 is 15.1 Å². The number of aromatic nitrogens is 4. The standard InChI is InChI=1S/C23H22ClN7O/c1-2-11-25-23(32)30-14-12-29(13-15-30)22-26-19-6-4-3-5-18(19)21-28-27-20(31(21)22)16-7-9-17(24)10-8-16/h2-10H,1,11-15H2,(H,25,32). The van der Waals surface area contributed by atoms with Crippen molar-refractivity contribution in [2.45, 2.75) is 0 Å². The molecule has 8 nitrogen and oxygen atoms in total. The van der Waals surface area contributed by atoms with E-state index in [0.717, 1.165) is 28.1 Å². The summed E-state index contributed by atoms with van der Waals surface area (Å²) in [4.78, 5) is 21.3. The average molecular weight is 448 g/mol. The van der Waals surface area contributed by atoms with E-state index in [1.807, 2.05) is 57.8 Å². The number of anilines is 1. The number of benzene rings is 2. The van der Waals surface area contributed by atoms with Crippen LogP contribution in [0.2, 0.25) is 5.02 Å². The van der Waals surface area contributed by atoms with Crippen LogP contribution in [-0.4, -0.2) is 63.2 Å². The number of para-hydroxylation sites is 1. The molecule has 3 heterocycles. The summed E-state index contributed by atoms with van der Waals surface area (Å²) in [5.74, 6) is 1.47. The molecular weight excluding hydrogens is 426 g/mol. The van der Waals surface area contributed by atoms with Crippen molar-refractivity contribution in [1.29, 1.82) is 0 Å². The highest BCUT2D eigenvalue weighted by Crippen LogP contribution is 2.29. The molecule has 1 saturated heterocycles. The van der Waals surface area contributed by atoms with Gasteiger partial charge in [-0.05, 0) is 36.4 Å². The molecule has 1 aliphatic rings. The summed E-state index contributed by atoms with van der Waals surface area (Å²) in [6.45, 7) is 6.60. The maximum Gasteiger partial charge on any atom is 0.317 e. The Balaban J connectivity index is 1.56. The first kappa shape index (κ1) is 20.3. The Hall–Kier alpha value is -3.65. The van der Waals surface area contributed by atoms with Gasteiger partial charge in [-0.1, -0.05) is 29.8 Å². The highest BCUT2D eigenvalue weighted by atomic mass is 35.5. The lowest BCUT2D eigenvalue weighted by Gasteiger charge is -2.35. The van der Waals surface area contributed by atoms with Gasteiger partial charge in [-0.2, -0.15) is 0 Å². The average Bonchev–Trinajstić information content (AvgIpc) is 3.28. The largest absolute Gasteiger partial charge is 0.338 e. The molecule has 2 aromatic carbocycles. The van der Waals surface area contributed by atoms with Crippen LogP contribution in [0.15, 0.2) is 61.2 Å². The number of nitrogens with zero attached hydrogens (tertiary/aromatic N) is 6. The van der Waals surface area contributed by atoms with Crippen LogP contribution in [0.1, 0.15) is 0 Å². The Morgan fingerprint density at radius 3 is 2.56 bits per heavy atom. The van der Waals surface area contributed by atoms with Crippen LogP contribution in [0.4, 0.5) is 10.7 Å². The van der Waals surface area contributed by atoms with Gasteiger partial charge in [0.25, 0.3) is 0 Å². The molecule has 0 radical (unpaired) electrons. The van der Waals surface area contributed by atoms with E-state index in [4.69, 9.17) is 16.6 Å². The van der Waals surface area contributed by atoms with Crippen LogP contribution in [0, 0.1) is 0 Å². The number of amides is 2. The lowest BCUT2D eigenvalue weighted by Crippen LogP contribution is -2.52. The summed E-state index contributed by atoms with van der Waals surface area (Å²) in [7, 11) is 0. The summed E-state index contributed by atoms with van der Waals surface area (Å²) in [6.07, 6.45) is 1.67. The molecule has 2 aromatic heterocycles. The number of carbonyl (C=O) groups is 1. The maximum atomic E-state index is 12.3. The van der Waals surface area contributed by atoms with Gasteiger partial charge in [0, 0.05) is 48.7 Å². The van der Waals surface area contributed by atoms with E-state index in [-0.39, 0.29) is 6.03 Å². The van der Waals surface area contributed by atoms with Crippen molar-refractivity contribution in [2.24, 2.45) is 0 Å². The zero-order valence-corrected chi connectivity index (χ0v) is 18.2. The Kier molecular flexibility index (Phi) is 5.36. The molecule has 0 atom stereocenters. The highest BCUT2D eigenvalue weighted by Gasteiger charge is 2.25. The maximum absolute atomic E-state index is 12.3. The van der Waals surface area contributed by atoms with Crippen molar-refractivity contribution >= 4 is 40.1 Å². The van der Waals surface area contributed by atoms with Crippen LogP contribution in [0.5, 0.6) is 0 Å². The third-order valence-electron chi connectivity index (χ3n) is 5.58. The molecule has 162 valence electrons. The fourth-order valence-corrected chi connectivity index (χ4v) is 4.07. The molecular formula is C23H22ClN7O. The van der Waals surface area contributed by atoms with E-state index in [9.17, 15) is 4.79 Å². The van der Waals surface area contributed by atoms with Gasteiger partial charge in [0.2, 0.25) is 5.95 Å². The second-order valence-electron chi connectivity index (χ2n) is 7.57. The minimum atomic E-state index is -0.0766. The first-order chi connectivity index (χ1) is 15.7. The van der Waals surface area contributed by atoms with Gasteiger partial charge in [-0.25, -0.2) is 14.2 Å². The first-order valence-electron chi connectivity index (χ1n) is 10.4. The van der Waals surface area contributed by atoms with E-state index in [1.165, 1.54) is 0 Å². The lowest BCUT2D eigenvalue weighted by atomic mass is 10.2. The molecule has 0 saturated carbocycles. The van der Waals surface area contributed by atoms with Gasteiger partial charge in [0.15, 0.2) is 11.5 Å². The van der Waals surface area contributed by atoms with Gasteiger partial charge in [0.1, 0.15) is 0 Å². The third kappa shape index (κ3) is 3.62. The van der Waals surface area contributed by atoms with Crippen molar-refractivity contribution in [2.75, 3.05) is 37.6 Å². The number of fused-ring (bicyclic) bond motifs is 3. The number of hydrogen-bond donors (Lipinski definition) is 1. The molecule has 0 bridgehead atoms. The van der Waals surface area contributed by atoms with Crippen LogP contribution >= 0.6 is 11.6 Å². The van der Waals surface area contributed by atoms with Crippen molar-refractivity contribution in [3.63, 3.8) is 0 Å². The smallest absolute Gasteiger partial charge is 0.317 e. The molecule has 1 fully saturated rings. The summed E-state index contributed by atoms with van der Waals surface area (Å²) in [6, 6.07) is 15.4. The molecule has 4 aromatic rings. The minimum Gasteiger partial charge on any atom is -0.338 e. The number of nitrogens with one attached hydrogen (secondary N) is 1. The summed E-state index contributed by atoms with van der Waals surface area (Å²) in [5, 5.41) is 13.4. The molecule has 0 aliphatic carbocycles. The zero-order valence-electron chi connectivity index (χ0n) is 17.4. The number of hydrogen-bond acceptors (Lipinski definition) is 5. The Morgan fingerprint density at radius 2 is 1.81 bits per heavy atom. The predicted molar refractivity (Wildman–Crippen MR) is 126 cm³/mol. The quantitative estimate of drug-likeness (QED) is 0.483. The molecule has 2 amide bonds. The fraction of sp³-hybridized carbons (Fsp3) is 0.217. The minimum absolute atomic E-state index is 0.0766. The van der Waals surface area contributed by atoms with Gasteiger partial charge in [-0.15, -0.1) is 16.8 Å².